The number of rotatable bonds is 6. The van der Waals surface area contributed by atoms with Crippen molar-refractivity contribution in [3.8, 4) is 5.88 Å². The Bertz CT molecular complexity index is 1260. The van der Waals surface area contributed by atoms with Gasteiger partial charge in [0.25, 0.3) is 5.91 Å². The largest absolute Gasteiger partial charge is 0.469 e. The number of halogens is 3. The van der Waals surface area contributed by atoms with E-state index in [9.17, 15) is 18.0 Å². The number of hydrogen-bond donors (Lipinski definition) is 1. The average Bonchev–Trinajstić information content (AvgIpc) is 3.24. The van der Waals surface area contributed by atoms with Gasteiger partial charge in [-0.25, -0.2) is 4.98 Å². The van der Waals surface area contributed by atoms with Crippen LogP contribution in [0.15, 0.2) is 18.3 Å². The highest BCUT2D eigenvalue weighted by molar-refractivity contribution is 5.91. The van der Waals surface area contributed by atoms with Gasteiger partial charge in [0, 0.05) is 32.3 Å². The summed E-state index contributed by atoms with van der Waals surface area (Å²) in [5.41, 5.74) is -0.213. The summed E-state index contributed by atoms with van der Waals surface area (Å²) >= 11 is 0. The van der Waals surface area contributed by atoms with Gasteiger partial charge in [-0.05, 0) is 31.4 Å². The van der Waals surface area contributed by atoms with Gasteiger partial charge >= 0.3 is 6.18 Å². The highest BCUT2D eigenvalue weighted by atomic mass is 19.4. The maximum absolute atomic E-state index is 13.4. The van der Waals surface area contributed by atoms with Crippen molar-refractivity contribution in [1.82, 2.24) is 34.7 Å². The minimum Gasteiger partial charge on any atom is -0.469 e. The molecule has 0 spiro atoms. The van der Waals surface area contributed by atoms with Crippen molar-refractivity contribution < 1.29 is 27.4 Å². The zero-order valence-corrected chi connectivity index (χ0v) is 19.7. The average molecular weight is 506 g/mol. The first-order valence-corrected chi connectivity index (χ1v) is 11.6. The zero-order chi connectivity index (χ0) is 25.4. The molecule has 0 radical (unpaired) electrons. The van der Waals surface area contributed by atoms with Gasteiger partial charge in [0.1, 0.15) is 17.4 Å². The number of carbonyl (C=O) groups excluding carboxylic acids is 1. The van der Waals surface area contributed by atoms with Gasteiger partial charge < -0.3 is 19.7 Å². The number of nitrogens with one attached hydrogen (secondary N) is 1. The van der Waals surface area contributed by atoms with E-state index in [1.54, 1.807) is 30.7 Å². The van der Waals surface area contributed by atoms with Gasteiger partial charge in [-0.3, -0.25) is 4.79 Å². The Morgan fingerprint density at radius 1 is 1.22 bits per heavy atom. The van der Waals surface area contributed by atoms with E-state index in [-0.39, 0.29) is 42.7 Å². The molecule has 0 bridgehead atoms. The third-order valence-electron chi connectivity index (χ3n) is 6.23. The topological polar surface area (TPSA) is 120 Å². The zero-order valence-electron chi connectivity index (χ0n) is 19.7. The number of nitrogens with zero attached hydrogens (tertiary/aromatic N) is 7. The molecule has 3 aromatic rings. The van der Waals surface area contributed by atoms with Crippen molar-refractivity contribution in [3.63, 3.8) is 0 Å². The van der Waals surface area contributed by atoms with Crippen LogP contribution in [0, 0.1) is 0 Å². The van der Waals surface area contributed by atoms with Crippen LogP contribution >= 0.6 is 0 Å². The number of ether oxygens (including phenoxy) is 2. The number of alkyl halides is 3. The fourth-order valence-electron chi connectivity index (χ4n) is 4.30. The lowest BCUT2D eigenvalue weighted by molar-refractivity contribution is -0.142. The molecule has 5 rings (SSSR count). The summed E-state index contributed by atoms with van der Waals surface area (Å²) < 4.78 is 52.2. The van der Waals surface area contributed by atoms with Crippen molar-refractivity contribution in [2.24, 2.45) is 0 Å². The van der Waals surface area contributed by atoms with Crippen molar-refractivity contribution in [1.29, 1.82) is 0 Å². The Balaban J connectivity index is 1.34. The second-order valence-corrected chi connectivity index (χ2v) is 9.14. The van der Waals surface area contributed by atoms with E-state index >= 15 is 0 Å². The standard InChI is InChI=1S/C22H25F3N8O3/c1-32(2)20(34)16-6-7-17-29-30-18(33(17)31-16)12-4-3-5-13(8-12)27-21-26-9-15(22(23,24)25)19(28-21)36-14-10-35-11-14/h6-7,9,12-14H,3-5,8,10-11H2,1-2H3,(H,26,27,28)/t12-,13+/m0/s1. The monoisotopic (exact) mass is 506 g/mol. The van der Waals surface area contributed by atoms with Crippen LogP contribution in [0.25, 0.3) is 5.65 Å². The van der Waals surface area contributed by atoms with Gasteiger partial charge in [0.2, 0.25) is 11.8 Å². The third kappa shape index (κ3) is 4.90. The summed E-state index contributed by atoms with van der Waals surface area (Å²) in [7, 11) is 3.30. The predicted octanol–water partition coefficient (Wildman–Crippen LogP) is 2.55. The van der Waals surface area contributed by atoms with Crippen LogP contribution in [-0.2, 0) is 10.9 Å². The van der Waals surface area contributed by atoms with Crippen LogP contribution in [0.3, 0.4) is 0 Å². The van der Waals surface area contributed by atoms with E-state index in [2.05, 4.69) is 30.6 Å². The molecule has 14 heteroatoms. The lowest BCUT2D eigenvalue weighted by Gasteiger charge is -2.29. The number of fused-ring (bicyclic) bond motifs is 1. The van der Waals surface area contributed by atoms with Gasteiger partial charge in [-0.2, -0.15) is 27.8 Å². The first-order chi connectivity index (χ1) is 17.2. The molecule has 0 unspecified atom stereocenters. The second-order valence-electron chi connectivity index (χ2n) is 9.14. The van der Waals surface area contributed by atoms with Crippen LogP contribution in [0.4, 0.5) is 19.1 Å². The van der Waals surface area contributed by atoms with Crippen LogP contribution in [0.2, 0.25) is 0 Å². The molecule has 1 amide bonds. The van der Waals surface area contributed by atoms with Crippen LogP contribution in [0.5, 0.6) is 5.88 Å². The quantitative estimate of drug-likeness (QED) is 0.538. The lowest BCUT2D eigenvalue weighted by Crippen LogP contribution is -2.39. The smallest absolute Gasteiger partial charge is 0.423 e. The van der Waals surface area contributed by atoms with Crippen LogP contribution < -0.4 is 10.1 Å². The van der Waals surface area contributed by atoms with Crippen LogP contribution in [0.1, 0.15) is 53.5 Å². The fraction of sp³-hybridized carbons (Fsp3) is 0.545. The Morgan fingerprint density at radius 3 is 2.72 bits per heavy atom. The fourth-order valence-corrected chi connectivity index (χ4v) is 4.30. The molecule has 1 aliphatic carbocycles. The minimum absolute atomic E-state index is 0.0271. The molecule has 1 saturated heterocycles. The van der Waals surface area contributed by atoms with E-state index < -0.39 is 23.7 Å². The maximum atomic E-state index is 13.4. The molecule has 4 heterocycles. The Kier molecular flexibility index (Phi) is 6.36. The van der Waals surface area contributed by atoms with Crippen molar-refractivity contribution in [2.75, 3.05) is 32.6 Å². The molecular weight excluding hydrogens is 481 g/mol. The Morgan fingerprint density at radius 2 is 2.03 bits per heavy atom. The van der Waals surface area contributed by atoms with E-state index in [4.69, 9.17) is 9.47 Å². The molecule has 1 N–H and O–H groups in total. The number of anilines is 1. The summed E-state index contributed by atoms with van der Waals surface area (Å²) in [5.74, 6) is -0.0722. The van der Waals surface area contributed by atoms with Crippen molar-refractivity contribution in [3.05, 3.63) is 35.4 Å². The first kappa shape index (κ1) is 24.2. The first-order valence-electron chi connectivity index (χ1n) is 11.6. The summed E-state index contributed by atoms with van der Waals surface area (Å²) in [6, 6.07) is 3.20. The van der Waals surface area contributed by atoms with Crippen LogP contribution in [-0.4, -0.2) is 80.0 Å². The SMILES string of the molecule is CN(C)C(=O)c1ccc2nnc([C@H]3CCC[C@@H](Nc4ncc(C(F)(F)F)c(OC5COC5)n4)C3)n2n1. The van der Waals surface area contributed by atoms with E-state index in [0.29, 0.717) is 17.9 Å². The molecule has 192 valence electrons. The number of aromatic nitrogens is 6. The highest BCUT2D eigenvalue weighted by Crippen LogP contribution is 2.37. The molecule has 2 atom stereocenters. The molecule has 0 aromatic carbocycles. The lowest BCUT2D eigenvalue weighted by atomic mass is 9.85. The van der Waals surface area contributed by atoms with Crippen molar-refractivity contribution in [2.45, 2.75) is 49.9 Å². The molecule has 2 fully saturated rings. The Hall–Kier alpha value is -3.55. The molecule has 36 heavy (non-hydrogen) atoms. The number of carbonyl (C=O) groups is 1. The van der Waals surface area contributed by atoms with Gasteiger partial charge in [-0.1, -0.05) is 6.42 Å². The molecule has 3 aromatic heterocycles. The van der Waals surface area contributed by atoms with E-state index in [0.717, 1.165) is 25.5 Å². The summed E-state index contributed by atoms with van der Waals surface area (Å²) in [5, 5.41) is 16.1. The minimum atomic E-state index is -4.64. The van der Waals surface area contributed by atoms with Crippen molar-refractivity contribution >= 4 is 17.5 Å². The molecule has 2 aliphatic rings. The normalized spacial score (nSPS) is 20.7. The maximum Gasteiger partial charge on any atom is 0.423 e. The molecule has 1 aliphatic heterocycles. The predicted molar refractivity (Wildman–Crippen MR) is 120 cm³/mol. The van der Waals surface area contributed by atoms with Gasteiger partial charge in [0.05, 0.1) is 13.2 Å². The number of amides is 1. The van der Waals surface area contributed by atoms with E-state index in [1.807, 2.05) is 0 Å². The molecule has 1 saturated carbocycles. The molecular formula is C22H25F3N8O3. The summed E-state index contributed by atoms with van der Waals surface area (Å²) in [6.07, 6.45) is -1.29. The van der Waals surface area contributed by atoms with Gasteiger partial charge in [-0.15, -0.1) is 10.2 Å². The summed E-state index contributed by atoms with van der Waals surface area (Å²) in [4.78, 5) is 21.7. The number of hydrogen-bond acceptors (Lipinski definition) is 9. The third-order valence-corrected chi connectivity index (χ3v) is 6.23. The van der Waals surface area contributed by atoms with Gasteiger partial charge in [0.15, 0.2) is 11.5 Å². The second kappa shape index (κ2) is 9.48. The highest BCUT2D eigenvalue weighted by Gasteiger charge is 2.38. The Labute approximate surface area is 204 Å². The van der Waals surface area contributed by atoms with E-state index in [1.165, 1.54) is 4.90 Å². The summed E-state index contributed by atoms with van der Waals surface area (Å²) in [6.45, 7) is 0.438. The molecule has 11 nitrogen and oxygen atoms in total.